The molecule has 7 heteroatoms. The Balaban J connectivity index is 1.92. The third kappa shape index (κ3) is 3.26. The zero-order valence-corrected chi connectivity index (χ0v) is 10.5. The fourth-order valence-electron chi connectivity index (χ4n) is 2.21. The fraction of sp³-hybridized carbons (Fsp3) is 0.818. The summed E-state index contributed by atoms with van der Waals surface area (Å²) in [7, 11) is 1.57. The van der Waals surface area contributed by atoms with Crippen molar-refractivity contribution >= 4 is 0 Å². The predicted octanol–water partition coefficient (Wildman–Crippen LogP) is -0.465. The number of nitrogens with zero attached hydrogens (tertiary/aromatic N) is 3. The van der Waals surface area contributed by atoms with Gasteiger partial charge in [-0.15, -0.1) is 0 Å². The van der Waals surface area contributed by atoms with Crippen LogP contribution in [0.25, 0.3) is 0 Å². The summed E-state index contributed by atoms with van der Waals surface area (Å²) in [6.07, 6.45) is 1.47. The van der Waals surface area contributed by atoms with Gasteiger partial charge < -0.3 is 19.5 Å². The van der Waals surface area contributed by atoms with E-state index in [-0.39, 0.29) is 6.61 Å². The van der Waals surface area contributed by atoms with Gasteiger partial charge in [0.25, 0.3) is 5.89 Å². The van der Waals surface area contributed by atoms with E-state index in [4.69, 9.17) is 14.4 Å². The van der Waals surface area contributed by atoms with Gasteiger partial charge in [-0.25, -0.2) is 0 Å². The Bertz CT molecular complexity index is 384. The summed E-state index contributed by atoms with van der Waals surface area (Å²) < 4.78 is 9.90. The molecule has 1 aliphatic rings. The molecular weight excluding hydrogens is 238 g/mol. The number of hydrogen-bond donors (Lipinski definition) is 2. The summed E-state index contributed by atoms with van der Waals surface area (Å²) >= 11 is 0. The van der Waals surface area contributed by atoms with Crippen LogP contribution in [0.2, 0.25) is 0 Å². The van der Waals surface area contributed by atoms with Crippen LogP contribution in [0, 0.1) is 0 Å². The van der Waals surface area contributed by atoms with Gasteiger partial charge in [-0.05, 0) is 19.4 Å². The molecule has 7 nitrogen and oxygen atoms in total. The van der Waals surface area contributed by atoms with E-state index in [1.165, 1.54) is 0 Å². The smallest absolute Gasteiger partial charge is 0.252 e. The van der Waals surface area contributed by atoms with Crippen molar-refractivity contribution in [2.24, 2.45) is 0 Å². The van der Waals surface area contributed by atoms with Crippen LogP contribution in [0.5, 0.6) is 0 Å². The lowest BCUT2D eigenvalue weighted by atomic mass is 9.94. The molecule has 0 spiro atoms. The van der Waals surface area contributed by atoms with Gasteiger partial charge in [0.05, 0.1) is 13.2 Å². The third-order valence-electron chi connectivity index (χ3n) is 3.07. The van der Waals surface area contributed by atoms with Crippen molar-refractivity contribution in [1.82, 2.24) is 15.0 Å². The largest absolute Gasteiger partial charge is 0.393 e. The topological polar surface area (TPSA) is 91.9 Å². The lowest BCUT2D eigenvalue weighted by Gasteiger charge is -2.37. The van der Waals surface area contributed by atoms with Crippen molar-refractivity contribution in [2.75, 3.05) is 26.8 Å². The normalized spacial score (nSPS) is 25.5. The summed E-state index contributed by atoms with van der Waals surface area (Å²) in [5, 5.41) is 23.1. The van der Waals surface area contributed by atoms with Gasteiger partial charge in [0, 0.05) is 13.7 Å². The van der Waals surface area contributed by atoms with E-state index in [1.54, 1.807) is 7.11 Å². The Morgan fingerprint density at radius 2 is 2.39 bits per heavy atom. The van der Waals surface area contributed by atoms with Crippen molar-refractivity contribution in [3.8, 4) is 0 Å². The second-order valence-electron chi connectivity index (χ2n) is 4.73. The molecule has 0 radical (unpaired) electrons. The first-order valence-corrected chi connectivity index (χ1v) is 6.01. The van der Waals surface area contributed by atoms with Crippen molar-refractivity contribution in [2.45, 2.75) is 31.6 Å². The van der Waals surface area contributed by atoms with Crippen molar-refractivity contribution in [1.29, 1.82) is 0 Å². The number of aliphatic hydroxyl groups excluding tert-OH is 1. The molecule has 1 aliphatic heterocycles. The first kappa shape index (κ1) is 13.4. The molecular formula is C11H19N3O4. The van der Waals surface area contributed by atoms with Crippen LogP contribution in [-0.2, 0) is 17.9 Å². The van der Waals surface area contributed by atoms with Crippen LogP contribution in [0.1, 0.15) is 24.6 Å². The van der Waals surface area contributed by atoms with Gasteiger partial charge in [-0.2, -0.15) is 4.98 Å². The average Bonchev–Trinajstić information content (AvgIpc) is 2.77. The molecule has 0 unspecified atom stereocenters. The molecule has 0 aliphatic carbocycles. The zero-order valence-electron chi connectivity index (χ0n) is 10.5. The molecule has 1 aromatic heterocycles. The molecule has 0 aromatic carbocycles. The molecule has 2 rings (SSSR count). The molecule has 0 amide bonds. The highest BCUT2D eigenvalue weighted by Gasteiger charge is 2.32. The maximum absolute atomic E-state index is 10.0. The lowest BCUT2D eigenvalue weighted by Crippen LogP contribution is -2.50. The second-order valence-corrected chi connectivity index (χ2v) is 4.73. The van der Waals surface area contributed by atoms with Gasteiger partial charge >= 0.3 is 0 Å². The summed E-state index contributed by atoms with van der Waals surface area (Å²) in [5.41, 5.74) is -1.00. The van der Waals surface area contributed by atoms with Gasteiger partial charge in [0.15, 0.2) is 5.82 Å². The molecule has 1 saturated heterocycles. The number of likely N-dealkylation sites (tertiary alicyclic amines) is 1. The minimum absolute atomic E-state index is 0.218. The Labute approximate surface area is 105 Å². The minimum atomic E-state index is -1.00. The van der Waals surface area contributed by atoms with E-state index in [0.29, 0.717) is 37.8 Å². The number of hydrogen-bond acceptors (Lipinski definition) is 7. The Morgan fingerprint density at radius 3 is 3.11 bits per heavy atom. The highest BCUT2D eigenvalue weighted by atomic mass is 16.5. The predicted molar refractivity (Wildman–Crippen MR) is 61.6 cm³/mol. The van der Waals surface area contributed by atoms with E-state index < -0.39 is 5.60 Å². The number of aliphatic hydroxyl groups is 2. The van der Waals surface area contributed by atoms with E-state index >= 15 is 0 Å². The van der Waals surface area contributed by atoms with Gasteiger partial charge in [0.2, 0.25) is 0 Å². The van der Waals surface area contributed by atoms with E-state index in [9.17, 15) is 5.11 Å². The average molecular weight is 257 g/mol. The Kier molecular flexibility index (Phi) is 4.28. The van der Waals surface area contributed by atoms with Crippen molar-refractivity contribution in [3.63, 3.8) is 0 Å². The van der Waals surface area contributed by atoms with E-state index in [0.717, 1.165) is 13.0 Å². The fourth-order valence-corrected chi connectivity index (χ4v) is 2.21. The molecule has 1 atom stereocenters. The maximum atomic E-state index is 10.0. The minimum Gasteiger partial charge on any atom is -0.393 e. The van der Waals surface area contributed by atoms with Gasteiger partial charge in [-0.1, -0.05) is 5.16 Å². The third-order valence-corrected chi connectivity index (χ3v) is 3.07. The summed E-state index contributed by atoms with van der Waals surface area (Å²) in [6, 6.07) is 0. The molecule has 1 fully saturated rings. The van der Waals surface area contributed by atoms with E-state index in [1.807, 2.05) is 4.90 Å². The van der Waals surface area contributed by atoms with E-state index in [2.05, 4.69) is 10.1 Å². The summed E-state index contributed by atoms with van der Waals surface area (Å²) in [6.45, 7) is 1.88. The van der Waals surface area contributed by atoms with Gasteiger partial charge in [-0.3, -0.25) is 4.90 Å². The van der Waals surface area contributed by atoms with Crippen LogP contribution in [0.15, 0.2) is 4.52 Å². The zero-order chi connectivity index (χ0) is 13.0. The second kappa shape index (κ2) is 5.75. The Morgan fingerprint density at radius 1 is 1.56 bits per heavy atom. The quantitative estimate of drug-likeness (QED) is 0.737. The molecule has 102 valence electrons. The SMILES string of the molecule is COCc1nc(CN2CCC[C@@](O)(CO)C2)no1. The van der Waals surface area contributed by atoms with Crippen molar-refractivity contribution in [3.05, 3.63) is 11.7 Å². The van der Waals surface area contributed by atoms with Crippen LogP contribution in [0.3, 0.4) is 0 Å². The molecule has 18 heavy (non-hydrogen) atoms. The number of methoxy groups -OCH3 is 1. The summed E-state index contributed by atoms with van der Waals surface area (Å²) in [4.78, 5) is 6.19. The van der Waals surface area contributed by atoms with Crippen LogP contribution < -0.4 is 0 Å². The number of ether oxygens (including phenoxy) is 1. The first-order valence-electron chi connectivity index (χ1n) is 6.01. The number of rotatable bonds is 5. The molecule has 2 heterocycles. The lowest BCUT2D eigenvalue weighted by molar-refractivity contribution is -0.0692. The molecule has 0 saturated carbocycles. The van der Waals surface area contributed by atoms with Crippen LogP contribution >= 0.6 is 0 Å². The van der Waals surface area contributed by atoms with Crippen LogP contribution in [-0.4, -0.2) is 57.7 Å². The monoisotopic (exact) mass is 257 g/mol. The summed E-state index contributed by atoms with van der Waals surface area (Å²) in [5.74, 6) is 1.02. The molecule has 1 aromatic rings. The number of aromatic nitrogens is 2. The molecule has 2 N–H and O–H groups in total. The standard InChI is InChI=1S/C11H19N3O4/c1-17-6-10-12-9(13-18-10)5-14-4-2-3-11(16,7-14)8-15/h15-16H,2-8H2,1H3/t11-/m0/s1. The first-order chi connectivity index (χ1) is 8.65. The van der Waals surface area contributed by atoms with Crippen molar-refractivity contribution < 1.29 is 19.5 Å². The number of β-amino-alcohol motifs (C(OH)–C–C–N with tert-alkyl or cyclic N) is 1. The highest BCUT2D eigenvalue weighted by Crippen LogP contribution is 2.21. The Hall–Kier alpha value is -1.02. The van der Waals surface area contributed by atoms with Gasteiger partial charge in [0.1, 0.15) is 12.2 Å². The molecule has 0 bridgehead atoms. The number of piperidine rings is 1. The van der Waals surface area contributed by atoms with Crippen LogP contribution in [0.4, 0.5) is 0 Å². The highest BCUT2D eigenvalue weighted by molar-refractivity contribution is 4.91. The maximum Gasteiger partial charge on any atom is 0.252 e.